The first-order chi connectivity index (χ1) is 11.2. The molecule has 0 spiro atoms. The second kappa shape index (κ2) is 6.69. The average Bonchev–Trinajstić information content (AvgIpc) is 2.59. The molecule has 0 radical (unpaired) electrons. The summed E-state index contributed by atoms with van der Waals surface area (Å²) in [6, 6.07) is 5.59. The van der Waals surface area contributed by atoms with Crippen LogP contribution in [0.15, 0.2) is 30.6 Å². The lowest BCUT2D eigenvalue weighted by molar-refractivity contribution is 0.395. The number of anilines is 1. The van der Waals surface area contributed by atoms with Crippen molar-refractivity contribution in [1.82, 2.24) is 9.97 Å². The van der Waals surface area contributed by atoms with Crippen LogP contribution in [0.4, 0.5) is 14.6 Å². The molecular weight excluding hydrogens is 298 g/mol. The van der Waals surface area contributed by atoms with E-state index in [2.05, 4.69) is 14.9 Å². The van der Waals surface area contributed by atoms with Gasteiger partial charge in [-0.25, -0.2) is 13.8 Å². The fourth-order valence-electron chi connectivity index (χ4n) is 2.94. The minimum Gasteiger partial charge on any atom is -0.355 e. The molecule has 0 bridgehead atoms. The normalized spacial score (nSPS) is 15.4. The SMILES string of the molecule is N#Cc1cncc(N2CCC(Cc3cc(F)ccc3F)CC2)n1. The Kier molecular flexibility index (Phi) is 4.47. The standard InChI is InChI=1S/C17H16F2N4/c18-14-1-2-16(19)13(8-14)7-12-3-5-23(6-4-12)17-11-21-10-15(9-20)22-17/h1-2,8,10-12H,3-7H2. The van der Waals surface area contributed by atoms with E-state index in [1.807, 2.05) is 6.07 Å². The Balaban J connectivity index is 1.62. The van der Waals surface area contributed by atoms with Gasteiger partial charge in [-0.15, -0.1) is 0 Å². The summed E-state index contributed by atoms with van der Waals surface area (Å²) in [5, 5.41) is 8.88. The highest BCUT2D eigenvalue weighted by atomic mass is 19.1. The molecule has 1 aliphatic heterocycles. The van der Waals surface area contributed by atoms with Gasteiger partial charge in [0.05, 0.1) is 12.4 Å². The molecular formula is C17H16F2N4. The van der Waals surface area contributed by atoms with E-state index < -0.39 is 5.82 Å². The van der Waals surface area contributed by atoms with Gasteiger partial charge < -0.3 is 4.90 Å². The van der Waals surface area contributed by atoms with Crippen LogP contribution in [0.5, 0.6) is 0 Å². The summed E-state index contributed by atoms with van der Waals surface area (Å²) < 4.78 is 27.0. The highest BCUT2D eigenvalue weighted by molar-refractivity contribution is 5.39. The first-order valence-electron chi connectivity index (χ1n) is 7.56. The van der Waals surface area contributed by atoms with Gasteiger partial charge in [0.2, 0.25) is 0 Å². The van der Waals surface area contributed by atoms with Crippen molar-refractivity contribution in [3.63, 3.8) is 0 Å². The molecule has 1 fully saturated rings. The Hall–Kier alpha value is -2.55. The van der Waals surface area contributed by atoms with E-state index in [1.165, 1.54) is 18.3 Å². The summed E-state index contributed by atoms with van der Waals surface area (Å²) in [5.41, 5.74) is 0.737. The van der Waals surface area contributed by atoms with Crippen LogP contribution in [0.2, 0.25) is 0 Å². The number of nitriles is 1. The van der Waals surface area contributed by atoms with Crippen LogP contribution in [-0.2, 0) is 6.42 Å². The van der Waals surface area contributed by atoms with Crippen molar-refractivity contribution in [3.8, 4) is 6.07 Å². The molecule has 23 heavy (non-hydrogen) atoms. The fourth-order valence-corrected chi connectivity index (χ4v) is 2.94. The number of hydrogen-bond acceptors (Lipinski definition) is 4. The van der Waals surface area contributed by atoms with Gasteiger partial charge in [-0.2, -0.15) is 5.26 Å². The third kappa shape index (κ3) is 3.62. The van der Waals surface area contributed by atoms with Crippen molar-refractivity contribution in [2.24, 2.45) is 5.92 Å². The lowest BCUT2D eigenvalue weighted by atomic mass is 9.90. The van der Waals surface area contributed by atoms with E-state index in [1.54, 1.807) is 6.20 Å². The number of piperidine rings is 1. The zero-order chi connectivity index (χ0) is 16.2. The second-order valence-corrected chi connectivity index (χ2v) is 5.74. The maximum atomic E-state index is 13.7. The molecule has 118 valence electrons. The molecule has 2 aromatic rings. The molecule has 0 atom stereocenters. The lowest BCUT2D eigenvalue weighted by Crippen LogP contribution is -2.35. The number of rotatable bonds is 3. The molecule has 2 heterocycles. The molecule has 4 nitrogen and oxygen atoms in total. The molecule has 0 saturated carbocycles. The molecule has 0 aliphatic carbocycles. The van der Waals surface area contributed by atoms with E-state index in [0.717, 1.165) is 32.0 Å². The van der Waals surface area contributed by atoms with E-state index >= 15 is 0 Å². The van der Waals surface area contributed by atoms with Crippen LogP contribution < -0.4 is 4.90 Å². The van der Waals surface area contributed by atoms with Crippen molar-refractivity contribution in [2.45, 2.75) is 19.3 Å². The first-order valence-corrected chi connectivity index (χ1v) is 7.56. The molecule has 1 aliphatic rings. The van der Waals surface area contributed by atoms with Crippen LogP contribution >= 0.6 is 0 Å². The minimum absolute atomic E-state index is 0.298. The summed E-state index contributed by atoms with van der Waals surface area (Å²) in [7, 11) is 0. The van der Waals surface area contributed by atoms with Gasteiger partial charge in [-0.1, -0.05) is 0 Å². The summed E-state index contributed by atoms with van der Waals surface area (Å²) in [4.78, 5) is 10.3. The third-order valence-electron chi connectivity index (χ3n) is 4.19. The lowest BCUT2D eigenvalue weighted by Gasteiger charge is -2.32. The van der Waals surface area contributed by atoms with E-state index in [9.17, 15) is 8.78 Å². The maximum absolute atomic E-state index is 13.7. The number of halogens is 2. The van der Waals surface area contributed by atoms with E-state index in [4.69, 9.17) is 5.26 Å². The van der Waals surface area contributed by atoms with Crippen LogP contribution in [-0.4, -0.2) is 23.1 Å². The van der Waals surface area contributed by atoms with Gasteiger partial charge in [0.15, 0.2) is 5.69 Å². The Morgan fingerprint density at radius 3 is 2.74 bits per heavy atom. The predicted octanol–water partition coefficient (Wildman–Crippen LogP) is 3.09. The topological polar surface area (TPSA) is 52.8 Å². The number of nitrogens with zero attached hydrogens (tertiary/aromatic N) is 4. The van der Waals surface area contributed by atoms with Crippen LogP contribution in [0.25, 0.3) is 0 Å². The number of aromatic nitrogens is 2. The summed E-state index contributed by atoms with van der Waals surface area (Å²) in [5.74, 6) is 0.262. The molecule has 0 unspecified atom stereocenters. The van der Waals surface area contributed by atoms with Crippen molar-refractivity contribution in [2.75, 3.05) is 18.0 Å². The van der Waals surface area contributed by atoms with Gasteiger partial charge in [0.1, 0.15) is 23.5 Å². The van der Waals surface area contributed by atoms with Crippen LogP contribution in [0, 0.1) is 28.9 Å². The van der Waals surface area contributed by atoms with Crippen molar-refractivity contribution < 1.29 is 8.78 Å². The zero-order valence-corrected chi connectivity index (χ0v) is 12.5. The number of benzene rings is 1. The second-order valence-electron chi connectivity index (χ2n) is 5.74. The van der Waals surface area contributed by atoms with Gasteiger partial charge in [0.25, 0.3) is 0 Å². The Labute approximate surface area is 133 Å². The zero-order valence-electron chi connectivity index (χ0n) is 12.5. The number of hydrogen-bond donors (Lipinski definition) is 0. The van der Waals surface area contributed by atoms with Crippen LogP contribution in [0.1, 0.15) is 24.1 Å². The molecule has 1 aromatic carbocycles. The van der Waals surface area contributed by atoms with Crippen molar-refractivity contribution >= 4 is 5.82 Å². The van der Waals surface area contributed by atoms with Gasteiger partial charge in [-0.05, 0) is 48.9 Å². The highest BCUT2D eigenvalue weighted by Crippen LogP contribution is 2.25. The largest absolute Gasteiger partial charge is 0.355 e. The Morgan fingerprint density at radius 2 is 2.00 bits per heavy atom. The molecule has 3 rings (SSSR count). The average molecular weight is 314 g/mol. The molecule has 0 amide bonds. The van der Waals surface area contributed by atoms with Gasteiger partial charge >= 0.3 is 0 Å². The summed E-state index contributed by atoms with van der Waals surface area (Å²) >= 11 is 0. The van der Waals surface area contributed by atoms with Gasteiger partial charge in [0, 0.05) is 13.1 Å². The Morgan fingerprint density at radius 1 is 1.22 bits per heavy atom. The highest BCUT2D eigenvalue weighted by Gasteiger charge is 2.22. The quantitative estimate of drug-likeness (QED) is 0.873. The Bertz CT molecular complexity index is 734. The van der Waals surface area contributed by atoms with Crippen molar-refractivity contribution in [3.05, 3.63) is 53.5 Å². The summed E-state index contributed by atoms with van der Waals surface area (Å²) in [6.07, 6.45) is 5.36. The van der Waals surface area contributed by atoms with E-state index in [-0.39, 0.29) is 5.82 Å². The predicted molar refractivity (Wildman–Crippen MR) is 81.7 cm³/mol. The first kappa shape index (κ1) is 15.3. The monoisotopic (exact) mass is 314 g/mol. The smallest absolute Gasteiger partial charge is 0.161 e. The fraction of sp³-hybridized carbons (Fsp3) is 0.353. The molecule has 1 saturated heterocycles. The third-order valence-corrected chi connectivity index (χ3v) is 4.19. The van der Waals surface area contributed by atoms with E-state index in [0.29, 0.717) is 29.4 Å². The minimum atomic E-state index is -0.401. The summed E-state index contributed by atoms with van der Waals surface area (Å²) in [6.45, 7) is 1.54. The molecule has 1 aromatic heterocycles. The molecule has 6 heteroatoms. The van der Waals surface area contributed by atoms with Crippen molar-refractivity contribution in [1.29, 1.82) is 5.26 Å². The maximum Gasteiger partial charge on any atom is 0.161 e. The van der Waals surface area contributed by atoms with Crippen LogP contribution in [0.3, 0.4) is 0 Å². The van der Waals surface area contributed by atoms with Gasteiger partial charge in [-0.3, -0.25) is 4.98 Å². The molecule has 0 N–H and O–H groups in total.